The van der Waals surface area contributed by atoms with Crippen molar-refractivity contribution in [2.45, 2.75) is 37.5 Å². The highest BCUT2D eigenvalue weighted by molar-refractivity contribution is 5.29. The third-order valence-corrected chi connectivity index (χ3v) is 4.64. The van der Waals surface area contributed by atoms with Crippen LogP contribution in [-0.2, 0) is 5.41 Å². The van der Waals surface area contributed by atoms with Crippen molar-refractivity contribution in [3.63, 3.8) is 0 Å². The van der Waals surface area contributed by atoms with Gasteiger partial charge in [-0.25, -0.2) is 0 Å². The molecule has 0 spiro atoms. The maximum atomic E-state index is 3.63. The lowest BCUT2D eigenvalue weighted by atomic mass is 9.69. The minimum absolute atomic E-state index is 0.456. The smallest absolute Gasteiger partial charge is 0.0118 e. The maximum absolute atomic E-state index is 3.63. The Morgan fingerprint density at radius 2 is 1.94 bits per heavy atom. The van der Waals surface area contributed by atoms with E-state index in [1.54, 1.807) is 5.56 Å². The van der Waals surface area contributed by atoms with Crippen molar-refractivity contribution in [2.75, 3.05) is 13.1 Å². The average Bonchev–Trinajstić information content (AvgIpc) is 2.65. The first-order chi connectivity index (χ1) is 7.92. The fourth-order valence-electron chi connectivity index (χ4n) is 3.74. The maximum Gasteiger partial charge on any atom is 0.0118 e. The number of rotatable bonds is 1. The summed E-state index contributed by atoms with van der Waals surface area (Å²) in [6.45, 7) is 2.43. The molecule has 1 aromatic carbocycles. The summed E-state index contributed by atoms with van der Waals surface area (Å²) in [5, 5.41) is 3.63. The summed E-state index contributed by atoms with van der Waals surface area (Å²) in [6.07, 6.45) is 7.08. The van der Waals surface area contributed by atoms with Gasteiger partial charge in [-0.1, -0.05) is 49.6 Å². The molecule has 1 aliphatic heterocycles. The topological polar surface area (TPSA) is 12.0 Å². The zero-order valence-electron chi connectivity index (χ0n) is 9.91. The lowest BCUT2D eigenvalue weighted by molar-refractivity contribution is 0.322. The third-order valence-electron chi connectivity index (χ3n) is 4.64. The second-order valence-corrected chi connectivity index (χ2v) is 5.45. The first-order valence-electron chi connectivity index (χ1n) is 6.68. The van der Waals surface area contributed by atoms with Gasteiger partial charge in [0.2, 0.25) is 0 Å². The summed E-state index contributed by atoms with van der Waals surface area (Å²) in [6, 6.07) is 11.2. The zero-order chi connectivity index (χ0) is 10.8. The van der Waals surface area contributed by atoms with Crippen molar-refractivity contribution in [3.8, 4) is 0 Å². The first kappa shape index (κ1) is 10.3. The van der Waals surface area contributed by atoms with E-state index in [4.69, 9.17) is 0 Å². The lowest BCUT2D eigenvalue weighted by Gasteiger charge is -2.34. The van der Waals surface area contributed by atoms with Crippen molar-refractivity contribution in [3.05, 3.63) is 35.9 Å². The molecule has 2 unspecified atom stereocenters. The van der Waals surface area contributed by atoms with Crippen molar-refractivity contribution < 1.29 is 0 Å². The Bertz CT molecular complexity index is 346. The largest absolute Gasteiger partial charge is 0.316 e. The molecule has 0 radical (unpaired) electrons. The average molecular weight is 215 g/mol. The van der Waals surface area contributed by atoms with Crippen LogP contribution < -0.4 is 5.32 Å². The van der Waals surface area contributed by atoms with E-state index in [1.807, 2.05) is 0 Å². The predicted octanol–water partition coefficient (Wildman–Crippen LogP) is 3.11. The molecule has 16 heavy (non-hydrogen) atoms. The Morgan fingerprint density at radius 1 is 1.06 bits per heavy atom. The second-order valence-electron chi connectivity index (χ2n) is 5.45. The molecular weight excluding hydrogens is 194 g/mol. The van der Waals surface area contributed by atoms with Gasteiger partial charge >= 0.3 is 0 Å². The van der Waals surface area contributed by atoms with Gasteiger partial charge in [0.15, 0.2) is 0 Å². The molecule has 0 amide bonds. The summed E-state index contributed by atoms with van der Waals surface area (Å²) < 4.78 is 0. The molecule has 0 bridgehead atoms. The molecule has 1 N–H and O–H groups in total. The van der Waals surface area contributed by atoms with Crippen LogP contribution in [-0.4, -0.2) is 13.1 Å². The summed E-state index contributed by atoms with van der Waals surface area (Å²) in [5.74, 6) is 0.873. The van der Waals surface area contributed by atoms with Gasteiger partial charge in [0.1, 0.15) is 0 Å². The molecule has 2 atom stereocenters. The van der Waals surface area contributed by atoms with Gasteiger partial charge in [-0.3, -0.25) is 0 Å². The Hall–Kier alpha value is -0.820. The predicted molar refractivity (Wildman–Crippen MR) is 67.6 cm³/mol. The van der Waals surface area contributed by atoms with Gasteiger partial charge in [0.25, 0.3) is 0 Å². The van der Waals surface area contributed by atoms with Gasteiger partial charge in [-0.15, -0.1) is 0 Å². The summed E-state index contributed by atoms with van der Waals surface area (Å²) in [7, 11) is 0. The van der Waals surface area contributed by atoms with Crippen LogP contribution in [0.2, 0.25) is 0 Å². The van der Waals surface area contributed by atoms with Crippen LogP contribution in [0, 0.1) is 5.92 Å². The summed E-state index contributed by atoms with van der Waals surface area (Å²) >= 11 is 0. The Kier molecular flexibility index (Phi) is 2.72. The number of benzene rings is 1. The minimum Gasteiger partial charge on any atom is -0.316 e. The quantitative estimate of drug-likeness (QED) is 0.759. The van der Waals surface area contributed by atoms with E-state index in [0.717, 1.165) is 5.92 Å². The highest BCUT2D eigenvalue weighted by Gasteiger charge is 2.44. The molecule has 1 nitrogen and oxygen atoms in total. The molecule has 2 fully saturated rings. The normalized spacial score (nSPS) is 34.4. The fraction of sp³-hybridized carbons (Fsp3) is 0.600. The van der Waals surface area contributed by atoms with Gasteiger partial charge < -0.3 is 5.32 Å². The van der Waals surface area contributed by atoms with Gasteiger partial charge in [0, 0.05) is 12.0 Å². The van der Waals surface area contributed by atoms with E-state index in [-0.39, 0.29) is 0 Å². The van der Waals surface area contributed by atoms with Crippen LogP contribution in [0.15, 0.2) is 30.3 Å². The molecule has 3 rings (SSSR count). The molecule has 2 aliphatic rings. The van der Waals surface area contributed by atoms with Crippen LogP contribution in [0.4, 0.5) is 0 Å². The van der Waals surface area contributed by atoms with Crippen LogP contribution >= 0.6 is 0 Å². The Morgan fingerprint density at radius 3 is 2.81 bits per heavy atom. The number of hydrogen-bond donors (Lipinski definition) is 1. The molecule has 1 heteroatoms. The summed E-state index contributed by atoms with van der Waals surface area (Å²) in [5.41, 5.74) is 2.03. The first-order valence-corrected chi connectivity index (χ1v) is 6.68. The Balaban J connectivity index is 1.99. The van der Waals surface area contributed by atoms with E-state index in [9.17, 15) is 0 Å². The van der Waals surface area contributed by atoms with E-state index < -0.39 is 0 Å². The van der Waals surface area contributed by atoms with Crippen LogP contribution in [0.25, 0.3) is 0 Å². The standard InChI is InChI=1S/C15H21N/c1-3-7-13(8-4-1)15-10-6-2-5-9-14(15)11-16-12-15/h1,3-4,7-8,14,16H,2,5-6,9-12H2. The van der Waals surface area contributed by atoms with Crippen molar-refractivity contribution in [1.29, 1.82) is 0 Å². The molecule has 1 saturated heterocycles. The molecule has 1 saturated carbocycles. The minimum atomic E-state index is 0.456. The van der Waals surface area contributed by atoms with Gasteiger partial charge in [0.05, 0.1) is 0 Å². The van der Waals surface area contributed by atoms with Crippen LogP contribution in [0.5, 0.6) is 0 Å². The molecule has 0 aromatic heterocycles. The van der Waals surface area contributed by atoms with E-state index in [0.29, 0.717) is 5.41 Å². The monoisotopic (exact) mass is 215 g/mol. The Labute approximate surface area is 98.3 Å². The molecule has 1 heterocycles. The summed E-state index contributed by atoms with van der Waals surface area (Å²) in [4.78, 5) is 0. The van der Waals surface area contributed by atoms with Crippen molar-refractivity contribution >= 4 is 0 Å². The van der Waals surface area contributed by atoms with Gasteiger partial charge in [-0.05, 0) is 30.9 Å². The number of hydrogen-bond acceptors (Lipinski definition) is 1. The highest BCUT2D eigenvalue weighted by atomic mass is 14.9. The van der Waals surface area contributed by atoms with E-state index in [2.05, 4.69) is 35.6 Å². The fourth-order valence-corrected chi connectivity index (χ4v) is 3.74. The zero-order valence-corrected chi connectivity index (χ0v) is 9.91. The van der Waals surface area contributed by atoms with Crippen LogP contribution in [0.3, 0.4) is 0 Å². The molecular formula is C15H21N. The van der Waals surface area contributed by atoms with E-state index >= 15 is 0 Å². The molecule has 1 aromatic rings. The molecule has 86 valence electrons. The SMILES string of the molecule is c1ccc(C23CCCCCC2CNC3)cc1. The second kappa shape index (κ2) is 4.21. The number of fused-ring (bicyclic) bond motifs is 1. The highest BCUT2D eigenvalue weighted by Crippen LogP contribution is 2.44. The van der Waals surface area contributed by atoms with E-state index in [1.165, 1.54) is 45.2 Å². The van der Waals surface area contributed by atoms with Crippen molar-refractivity contribution in [1.82, 2.24) is 5.32 Å². The van der Waals surface area contributed by atoms with Crippen molar-refractivity contribution in [2.24, 2.45) is 5.92 Å². The van der Waals surface area contributed by atoms with Crippen LogP contribution in [0.1, 0.15) is 37.7 Å². The lowest BCUT2D eigenvalue weighted by Crippen LogP contribution is -2.34. The molecule has 1 aliphatic carbocycles. The number of nitrogens with one attached hydrogen (secondary N) is 1. The third kappa shape index (κ3) is 1.58. The van der Waals surface area contributed by atoms with Gasteiger partial charge in [-0.2, -0.15) is 0 Å².